The van der Waals surface area contributed by atoms with Crippen LogP contribution in [0.2, 0.25) is 0 Å². The van der Waals surface area contributed by atoms with Crippen LogP contribution in [0.3, 0.4) is 0 Å². The van der Waals surface area contributed by atoms with Crippen LogP contribution in [0, 0.1) is 6.92 Å². The molecule has 0 amide bonds. The Morgan fingerprint density at radius 2 is 2.17 bits per heavy atom. The smallest absolute Gasteiger partial charge is 0.347 e. The van der Waals surface area contributed by atoms with Gasteiger partial charge in [-0.1, -0.05) is 11.3 Å². The van der Waals surface area contributed by atoms with Gasteiger partial charge in [-0.05, 0) is 17.9 Å². The first-order chi connectivity index (χ1) is 8.42. The fourth-order valence-corrected chi connectivity index (χ4v) is 4.62. The number of nitrogens with zero attached hydrogens (tertiary/aromatic N) is 2. The predicted molar refractivity (Wildman–Crippen MR) is 66.7 cm³/mol. The first kappa shape index (κ1) is 12.9. The molecule has 0 aliphatic heterocycles. The molecule has 2 aromatic rings. The van der Waals surface area contributed by atoms with Gasteiger partial charge in [0.05, 0.1) is 0 Å². The lowest BCUT2D eigenvalue weighted by atomic mass is 10.3. The molecule has 0 radical (unpaired) electrons. The fourth-order valence-electron chi connectivity index (χ4n) is 1.30. The van der Waals surface area contributed by atoms with Crippen molar-refractivity contribution >= 4 is 43.8 Å². The zero-order valence-electron chi connectivity index (χ0n) is 8.95. The second kappa shape index (κ2) is 4.63. The zero-order valence-corrected chi connectivity index (χ0v) is 11.4. The van der Waals surface area contributed by atoms with Gasteiger partial charge in [-0.3, -0.25) is 4.72 Å². The molecule has 2 rings (SSSR count). The number of nitrogens with one attached hydrogen (secondary N) is 1. The lowest BCUT2D eigenvalue weighted by Crippen LogP contribution is -2.16. The van der Waals surface area contributed by atoms with Crippen molar-refractivity contribution in [3.05, 3.63) is 21.3 Å². The number of anilines is 1. The van der Waals surface area contributed by atoms with Crippen molar-refractivity contribution in [3.8, 4) is 0 Å². The Balaban J connectivity index is 2.47. The summed E-state index contributed by atoms with van der Waals surface area (Å²) < 4.78 is 26.4. The average molecular weight is 305 g/mol. The summed E-state index contributed by atoms with van der Waals surface area (Å²) in [7, 11) is -3.96. The van der Waals surface area contributed by atoms with E-state index in [4.69, 9.17) is 5.11 Å². The maximum atomic E-state index is 12.1. The maximum absolute atomic E-state index is 12.1. The molecule has 18 heavy (non-hydrogen) atoms. The van der Waals surface area contributed by atoms with Crippen molar-refractivity contribution < 1.29 is 18.3 Å². The Kier molecular flexibility index (Phi) is 3.32. The molecule has 0 saturated heterocycles. The highest BCUT2D eigenvalue weighted by Crippen LogP contribution is 2.28. The van der Waals surface area contributed by atoms with E-state index < -0.39 is 16.0 Å². The van der Waals surface area contributed by atoms with E-state index in [1.54, 1.807) is 0 Å². The normalized spacial score (nSPS) is 11.4. The molecule has 10 heteroatoms. The molecule has 2 N–H and O–H groups in total. The number of rotatable bonds is 4. The number of hydrogen-bond donors (Lipinski definition) is 2. The first-order valence-corrected chi connectivity index (χ1v) is 7.76. The van der Waals surface area contributed by atoms with Gasteiger partial charge in [0, 0.05) is 0 Å². The third-order valence-corrected chi connectivity index (χ3v) is 5.44. The highest BCUT2D eigenvalue weighted by molar-refractivity contribution is 7.93. The summed E-state index contributed by atoms with van der Waals surface area (Å²) in [6.07, 6.45) is 0. The number of aromatic carboxylic acids is 1. The van der Waals surface area contributed by atoms with Crippen molar-refractivity contribution in [3.63, 3.8) is 0 Å². The molecule has 96 valence electrons. The summed E-state index contributed by atoms with van der Waals surface area (Å²) in [4.78, 5) is 10.5. The van der Waals surface area contributed by atoms with Gasteiger partial charge < -0.3 is 5.11 Å². The number of thiophene rings is 1. The maximum Gasteiger partial charge on any atom is 0.347 e. The quantitative estimate of drug-likeness (QED) is 0.883. The Morgan fingerprint density at radius 1 is 1.44 bits per heavy atom. The summed E-state index contributed by atoms with van der Waals surface area (Å²) in [5.41, 5.74) is 1.76. The number of aryl methyl sites for hydroxylation is 1. The second-order valence-corrected chi connectivity index (χ2v) is 6.56. The number of carboxylic acid groups (broad SMARTS) is 1. The van der Waals surface area contributed by atoms with Crippen molar-refractivity contribution in [1.82, 2.24) is 10.2 Å². The van der Waals surface area contributed by atoms with Gasteiger partial charge >= 0.3 is 5.97 Å². The Hall–Kier alpha value is -1.52. The van der Waals surface area contributed by atoms with E-state index in [1.807, 2.05) is 0 Å². The van der Waals surface area contributed by atoms with Gasteiger partial charge in [-0.25, -0.2) is 13.2 Å². The standard InChI is InChI=1S/C8H7N3O4S3/c1-4-2-16-5(7(12)13)6(4)18(14,15)11-8-10-9-3-17-8/h2-3H,1H3,(H,10,11)(H,12,13). The molecular weight excluding hydrogens is 298 g/mol. The van der Waals surface area contributed by atoms with Crippen molar-refractivity contribution in [2.24, 2.45) is 0 Å². The van der Waals surface area contributed by atoms with Crippen LogP contribution in [0.25, 0.3) is 0 Å². The predicted octanol–water partition coefficient (Wildman–Crippen LogP) is 1.41. The van der Waals surface area contributed by atoms with Crippen LogP contribution in [0.15, 0.2) is 15.8 Å². The van der Waals surface area contributed by atoms with Crippen molar-refractivity contribution in [2.45, 2.75) is 11.8 Å². The molecule has 0 atom stereocenters. The Labute approximate surface area is 110 Å². The molecular formula is C8H7N3O4S3. The van der Waals surface area contributed by atoms with Crippen LogP contribution >= 0.6 is 22.7 Å². The Bertz CT molecular complexity index is 675. The number of sulfonamides is 1. The lowest BCUT2D eigenvalue weighted by Gasteiger charge is -2.05. The highest BCUT2D eigenvalue weighted by atomic mass is 32.2. The van der Waals surface area contributed by atoms with Crippen LogP contribution in [0.4, 0.5) is 5.13 Å². The fraction of sp³-hybridized carbons (Fsp3) is 0.125. The summed E-state index contributed by atoms with van der Waals surface area (Å²) in [6.45, 7) is 1.54. The van der Waals surface area contributed by atoms with E-state index >= 15 is 0 Å². The lowest BCUT2D eigenvalue weighted by molar-refractivity contribution is 0.0698. The zero-order chi connectivity index (χ0) is 13.3. The molecule has 0 fully saturated rings. The topological polar surface area (TPSA) is 109 Å². The summed E-state index contributed by atoms with van der Waals surface area (Å²) in [6, 6.07) is 0. The SMILES string of the molecule is Cc1csc(C(=O)O)c1S(=O)(=O)Nc1nncs1. The van der Waals surface area contributed by atoms with Crippen LogP contribution in [0.1, 0.15) is 15.2 Å². The molecule has 0 aliphatic carbocycles. The Morgan fingerprint density at radius 3 is 2.72 bits per heavy atom. The van der Waals surface area contributed by atoms with Gasteiger partial charge in [-0.15, -0.1) is 21.5 Å². The minimum absolute atomic E-state index is 0.0944. The van der Waals surface area contributed by atoms with E-state index in [0.29, 0.717) is 5.56 Å². The van der Waals surface area contributed by atoms with Crippen molar-refractivity contribution in [1.29, 1.82) is 0 Å². The van der Waals surface area contributed by atoms with E-state index in [2.05, 4.69) is 14.9 Å². The molecule has 2 aromatic heterocycles. The van der Waals surface area contributed by atoms with E-state index in [1.165, 1.54) is 17.8 Å². The molecule has 0 spiro atoms. The third-order valence-electron chi connectivity index (χ3n) is 1.96. The number of hydrogen-bond acceptors (Lipinski definition) is 7. The number of aromatic nitrogens is 2. The molecule has 0 bridgehead atoms. The summed E-state index contributed by atoms with van der Waals surface area (Å²) >= 11 is 1.88. The average Bonchev–Trinajstić information content (AvgIpc) is 2.86. The highest BCUT2D eigenvalue weighted by Gasteiger charge is 2.27. The third kappa shape index (κ3) is 2.35. The molecule has 0 aliphatic rings. The van der Waals surface area contributed by atoms with E-state index in [-0.39, 0.29) is 14.9 Å². The molecule has 2 heterocycles. The largest absolute Gasteiger partial charge is 0.477 e. The van der Waals surface area contributed by atoms with Gasteiger partial charge in [-0.2, -0.15) is 0 Å². The van der Waals surface area contributed by atoms with Crippen LogP contribution in [-0.4, -0.2) is 29.7 Å². The molecule has 0 aromatic carbocycles. The van der Waals surface area contributed by atoms with E-state index in [0.717, 1.165) is 22.7 Å². The van der Waals surface area contributed by atoms with Crippen LogP contribution in [-0.2, 0) is 10.0 Å². The van der Waals surface area contributed by atoms with E-state index in [9.17, 15) is 13.2 Å². The number of carboxylic acids is 1. The van der Waals surface area contributed by atoms with Crippen LogP contribution < -0.4 is 4.72 Å². The summed E-state index contributed by atoms with van der Waals surface area (Å²) in [5, 5.41) is 17.6. The van der Waals surface area contributed by atoms with Crippen molar-refractivity contribution in [2.75, 3.05) is 4.72 Å². The molecule has 0 saturated carbocycles. The van der Waals surface area contributed by atoms with Crippen LogP contribution in [0.5, 0.6) is 0 Å². The monoisotopic (exact) mass is 305 g/mol. The minimum atomic E-state index is -3.96. The summed E-state index contributed by atoms with van der Waals surface area (Å²) in [5.74, 6) is -1.27. The molecule has 0 unspecified atom stereocenters. The minimum Gasteiger partial charge on any atom is -0.477 e. The second-order valence-electron chi connectivity index (χ2n) is 3.23. The molecule has 7 nitrogen and oxygen atoms in total. The van der Waals surface area contributed by atoms with Gasteiger partial charge in [0.15, 0.2) is 0 Å². The first-order valence-electron chi connectivity index (χ1n) is 4.52. The number of carbonyl (C=O) groups is 1. The van der Waals surface area contributed by atoms with Gasteiger partial charge in [0.1, 0.15) is 15.3 Å². The van der Waals surface area contributed by atoms with Gasteiger partial charge in [0.2, 0.25) is 5.13 Å². The van der Waals surface area contributed by atoms with Gasteiger partial charge in [0.25, 0.3) is 10.0 Å².